The molecule has 0 bridgehead atoms. The lowest BCUT2D eigenvalue weighted by atomic mass is 10.0. The minimum atomic E-state index is -1.26. The zero-order chi connectivity index (χ0) is 13.3. The molecule has 6 heteroatoms. The molecule has 0 amide bonds. The van der Waals surface area contributed by atoms with Crippen molar-refractivity contribution in [1.29, 1.82) is 0 Å². The number of halogens is 3. The third-order valence-corrected chi connectivity index (χ3v) is 3.17. The summed E-state index contributed by atoms with van der Waals surface area (Å²) in [5, 5.41) is 9.35. The molecule has 0 unspecified atom stereocenters. The molecule has 1 N–H and O–H groups in total. The van der Waals surface area contributed by atoms with E-state index in [1.807, 2.05) is 0 Å². The van der Waals surface area contributed by atoms with Crippen molar-refractivity contribution in [3.8, 4) is 11.1 Å². The van der Waals surface area contributed by atoms with Crippen LogP contribution >= 0.6 is 23.2 Å². The second kappa shape index (κ2) is 4.92. The van der Waals surface area contributed by atoms with Crippen LogP contribution in [0.25, 0.3) is 11.1 Å². The number of aromatic carboxylic acids is 1. The molecular formula is C12H6Cl2FNO2. The highest BCUT2D eigenvalue weighted by Crippen LogP contribution is 2.36. The van der Waals surface area contributed by atoms with Gasteiger partial charge in [0.2, 0.25) is 5.95 Å². The van der Waals surface area contributed by atoms with Gasteiger partial charge >= 0.3 is 5.97 Å². The van der Waals surface area contributed by atoms with Gasteiger partial charge in [0.1, 0.15) is 0 Å². The lowest BCUT2D eigenvalue weighted by Crippen LogP contribution is -2.03. The molecule has 0 radical (unpaired) electrons. The van der Waals surface area contributed by atoms with Crippen LogP contribution in [0.1, 0.15) is 10.4 Å². The minimum Gasteiger partial charge on any atom is -0.478 e. The van der Waals surface area contributed by atoms with Gasteiger partial charge in [0.05, 0.1) is 21.2 Å². The molecule has 0 atom stereocenters. The Labute approximate surface area is 112 Å². The zero-order valence-electron chi connectivity index (χ0n) is 8.82. The number of carbonyl (C=O) groups is 1. The summed E-state index contributed by atoms with van der Waals surface area (Å²) < 4.78 is 13.7. The maximum atomic E-state index is 13.7. The lowest BCUT2D eigenvalue weighted by Gasteiger charge is -2.09. The van der Waals surface area contributed by atoms with Crippen molar-refractivity contribution >= 4 is 29.2 Å². The first kappa shape index (κ1) is 12.8. The number of pyridine rings is 1. The fraction of sp³-hybridized carbons (Fsp3) is 0. The molecule has 0 spiro atoms. The molecule has 0 fully saturated rings. The summed E-state index contributed by atoms with van der Waals surface area (Å²) in [5.74, 6) is -2.17. The van der Waals surface area contributed by atoms with Gasteiger partial charge in [-0.3, -0.25) is 0 Å². The van der Waals surface area contributed by atoms with E-state index in [2.05, 4.69) is 4.98 Å². The molecule has 0 saturated heterocycles. The van der Waals surface area contributed by atoms with E-state index in [0.717, 1.165) is 6.20 Å². The molecule has 2 aromatic rings. The van der Waals surface area contributed by atoms with Crippen LogP contribution in [0.15, 0.2) is 30.5 Å². The third kappa shape index (κ3) is 2.17. The summed E-state index contributed by atoms with van der Waals surface area (Å²) in [4.78, 5) is 14.5. The maximum absolute atomic E-state index is 13.7. The Morgan fingerprint density at radius 3 is 2.67 bits per heavy atom. The fourth-order valence-corrected chi connectivity index (χ4v) is 1.96. The van der Waals surface area contributed by atoms with Gasteiger partial charge in [0, 0.05) is 11.8 Å². The molecule has 1 aromatic heterocycles. The first-order valence-corrected chi connectivity index (χ1v) is 5.60. The summed E-state index contributed by atoms with van der Waals surface area (Å²) in [6, 6.07) is 5.78. The van der Waals surface area contributed by atoms with Crippen LogP contribution in [0.3, 0.4) is 0 Å². The third-order valence-electron chi connectivity index (χ3n) is 2.36. The van der Waals surface area contributed by atoms with Gasteiger partial charge in [0.15, 0.2) is 0 Å². The molecule has 0 aliphatic carbocycles. The maximum Gasteiger partial charge on any atom is 0.336 e. The van der Waals surface area contributed by atoms with Crippen molar-refractivity contribution in [2.45, 2.75) is 0 Å². The molecule has 3 nitrogen and oxygen atoms in total. The lowest BCUT2D eigenvalue weighted by molar-refractivity contribution is 0.0697. The van der Waals surface area contributed by atoms with E-state index in [-0.39, 0.29) is 26.7 Å². The van der Waals surface area contributed by atoms with Crippen LogP contribution in [0.5, 0.6) is 0 Å². The molecule has 18 heavy (non-hydrogen) atoms. The molecule has 2 rings (SSSR count). The Morgan fingerprint density at radius 2 is 2.00 bits per heavy atom. The van der Waals surface area contributed by atoms with Crippen LogP contribution in [0.2, 0.25) is 10.0 Å². The van der Waals surface area contributed by atoms with Crippen molar-refractivity contribution in [3.63, 3.8) is 0 Å². The summed E-state index contributed by atoms with van der Waals surface area (Å²) in [6.07, 6.45) is 1.08. The van der Waals surface area contributed by atoms with Crippen molar-refractivity contribution in [2.24, 2.45) is 0 Å². The van der Waals surface area contributed by atoms with Crippen molar-refractivity contribution in [2.75, 3.05) is 0 Å². The van der Waals surface area contributed by atoms with E-state index < -0.39 is 11.9 Å². The van der Waals surface area contributed by atoms with Crippen LogP contribution in [0, 0.1) is 5.95 Å². The molecule has 1 aromatic carbocycles. The zero-order valence-corrected chi connectivity index (χ0v) is 10.3. The topological polar surface area (TPSA) is 50.2 Å². The number of carboxylic acids is 1. The first-order chi connectivity index (χ1) is 8.52. The molecule has 0 saturated carbocycles. The smallest absolute Gasteiger partial charge is 0.336 e. The van der Waals surface area contributed by atoms with Crippen molar-refractivity contribution < 1.29 is 14.3 Å². The number of hydrogen-bond donors (Lipinski definition) is 1. The number of aromatic nitrogens is 1. The Balaban J connectivity index is 2.78. The van der Waals surface area contributed by atoms with Gasteiger partial charge in [0.25, 0.3) is 0 Å². The second-order valence-electron chi connectivity index (χ2n) is 3.43. The minimum absolute atomic E-state index is 0.0913. The predicted octanol–water partition coefficient (Wildman–Crippen LogP) is 3.89. The highest BCUT2D eigenvalue weighted by atomic mass is 35.5. The Hall–Kier alpha value is -1.65. The SMILES string of the molecule is O=C(O)c1ccnc(F)c1-c1cccc(Cl)c1Cl. The van der Waals surface area contributed by atoms with Gasteiger partial charge < -0.3 is 5.11 Å². The quantitative estimate of drug-likeness (QED) is 0.852. The van der Waals surface area contributed by atoms with Crippen LogP contribution in [-0.2, 0) is 0 Å². The van der Waals surface area contributed by atoms with E-state index in [1.54, 1.807) is 6.07 Å². The Morgan fingerprint density at radius 1 is 1.28 bits per heavy atom. The molecule has 0 aliphatic heterocycles. The standard InChI is InChI=1S/C12H6Cl2FNO2/c13-8-3-1-2-6(10(8)14)9-7(12(17)18)4-5-16-11(9)15/h1-5H,(H,17,18). The van der Waals surface area contributed by atoms with Gasteiger partial charge in [-0.05, 0) is 12.1 Å². The van der Waals surface area contributed by atoms with Gasteiger partial charge in [-0.25, -0.2) is 9.78 Å². The van der Waals surface area contributed by atoms with E-state index >= 15 is 0 Å². The highest BCUT2D eigenvalue weighted by molar-refractivity contribution is 6.43. The van der Waals surface area contributed by atoms with Crippen molar-refractivity contribution in [3.05, 3.63) is 52.0 Å². The molecule has 1 heterocycles. The Kier molecular flexibility index (Phi) is 3.50. The largest absolute Gasteiger partial charge is 0.478 e. The van der Waals surface area contributed by atoms with Crippen LogP contribution in [0.4, 0.5) is 4.39 Å². The van der Waals surface area contributed by atoms with Crippen LogP contribution in [-0.4, -0.2) is 16.1 Å². The highest BCUT2D eigenvalue weighted by Gasteiger charge is 2.19. The fourth-order valence-electron chi connectivity index (χ4n) is 1.57. The summed E-state index contributed by atoms with van der Waals surface area (Å²) in [5.41, 5.74) is -0.184. The predicted molar refractivity (Wildman–Crippen MR) is 66.6 cm³/mol. The average Bonchev–Trinajstić information content (AvgIpc) is 2.33. The van der Waals surface area contributed by atoms with Crippen molar-refractivity contribution in [1.82, 2.24) is 4.98 Å². The van der Waals surface area contributed by atoms with Gasteiger partial charge in [-0.1, -0.05) is 35.3 Å². The number of hydrogen-bond acceptors (Lipinski definition) is 2. The summed E-state index contributed by atoms with van der Waals surface area (Å²) >= 11 is 11.8. The first-order valence-electron chi connectivity index (χ1n) is 4.84. The number of nitrogens with zero attached hydrogens (tertiary/aromatic N) is 1. The average molecular weight is 286 g/mol. The monoisotopic (exact) mass is 285 g/mol. The normalized spacial score (nSPS) is 10.4. The molecular weight excluding hydrogens is 280 g/mol. The second-order valence-corrected chi connectivity index (χ2v) is 4.22. The van der Waals surface area contributed by atoms with Crippen LogP contribution < -0.4 is 0 Å². The van der Waals surface area contributed by atoms with E-state index in [9.17, 15) is 9.18 Å². The Bertz CT molecular complexity index is 631. The number of rotatable bonds is 2. The van der Waals surface area contributed by atoms with Gasteiger partial charge in [-0.2, -0.15) is 4.39 Å². The number of carboxylic acid groups (broad SMARTS) is 1. The van der Waals surface area contributed by atoms with E-state index in [1.165, 1.54) is 18.2 Å². The number of benzene rings is 1. The molecule has 0 aliphatic rings. The summed E-state index contributed by atoms with van der Waals surface area (Å²) in [6.45, 7) is 0. The molecule has 92 valence electrons. The summed E-state index contributed by atoms with van der Waals surface area (Å²) in [7, 11) is 0. The van der Waals surface area contributed by atoms with E-state index in [4.69, 9.17) is 28.3 Å². The van der Waals surface area contributed by atoms with E-state index in [0.29, 0.717) is 0 Å². The van der Waals surface area contributed by atoms with Gasteiger partial charge in [-0.15, -0.1) is 0 Å².